The van der Waals surface area contributed by atoms with Crippen molar-refractivity contribution >= 4 is 16.8 Å². The topological polar surface area (TPSA) is 51.0 Å². The smallest absolute Gasteiger partial charge is 0.254 e. The zero-order valence-electron chi connectivity index (χ0n) is 17.2. The van der Waals surface area contributed by atoms with E-state index in [2.05, 4.69) is 25.0 Å². The second-order valence-electron chi connectivity index (χ2n) is 8.07. The Bertz CT molecular complexity index is 1030. The first kappa shape index (κ1) is 18.7. The molecule has 1 aliphatic rings. The molecule has 146 valence electrons. The van der Waals surface area contributed by atoms with Crippen LogP contribution in [0.2, 0.25) is 0 Å². The normalized spacial score (nSPS) is 15.1. The number of carbonyl (C=O) groups is 1. The van der Waals surface area contributed by atoms with Crippen LogP contribution in [-0.2, 0) is 7.05 Å². The van der Waals surface area contributed by atoms with Crippen LogP contribution in [0.15, 0.2) is 30.6 Å². The Morgan fingerprint density at radius 2 is 1.93 bits per heavy atom. The molecule has 1 fully saturated rings. The van der Waals surface area contributed by atoms with Crippen molar-refractivity contribution in [2.75, 3.05) is 7.05 Å². The van der Waals surface area contributed by atoms with Crippen LogP contribution >= 0.6 is 0 Å². The van der Waals surface area contributed by atoms with Crippen molar-refractivity contribution in [2.45, 2.75) is 52.0 Å². The number of hydrogen-bond acceptors (Lipinski definition) is 3. The predicted molar refractivity (Wildman–Crippen MR) is 112 cm³/mol. The van der Waals surface area contributed by atoms with Crippen LogP contribution in [0.25, 0.3) is 22.2 Å². The number of hydrogen-bond donors (Lipinski definition) is 0. The summed E-state index contributed by atoms with van der Waals surface area (Å²) in [5.41, 5.74) is 5.68. The monoisotopic (exact) mass is 376 g/mol. The summed E-state index contributed by atoms with van der Waals surface area (Å²) in [4.78, 5) is 20.4. The SMILES string of the molecule is Cc1ccc2c(C(=O)N(C)C3CCCCC3)cc(-c3cnn(C)c3)nc2c1C. The van der Waals surface area contributed by atoms with Gasteiger partial charge in [-0.1, -0.05) is 31.4 Å². The summed E-state index contributed by atoms with van der Waals surface area (Å²) >= 11 is 0. The second kappa shape index (κ2) is 7.38. The first-order valence-electron chi connectivity index (χ1n) is 10.1. The summed E-state index contributed by atoms with van der Waals surface area (Å²) in [6.45, 7) is 4.17. The number of pyridine rings is 1. The first-order valence-corrected chi connectivity index (χ1v) is 10.1. The highest BCUT2D eigenvalue weighted by Crippen LogP contribution is 2.30. The molecule has 0 unspecified atom stereocenters. The van der Waals surface area contributed by atoms with Gasteiger partial charge < -0.3 is 4.90 Å². The van der Waals surface area contributed by atoms with Crippen molar-refractivity contribution in [1.29, 1.82) is 0 Å². The Morgan fingerprint density at radius 3 is 2.61 bits per heavy atom. The van der Waals surface area contributed by atoms with E-state index in [-0.39, 0.29) is 5.91 Å². The molecule has 0 atom stereocenters. The van der Waals surface area contributed by atoms with Gasteiger partial charge in [-0.2, -0.15) is 5.10 Å². The Balaban J connectivity index is 1.85. The molecule has 1 saturated carbocycles. The van der Waals surface area contributed by atoms with Gasteiger partial charge in [-0.3, -0.25) is 9.48 Å². The molecule has 0 spiro atoms. The molecular weight excluding hydrogens is 348 g/mol. The number of nitrogens with zero attached hydrogens (tertiary/aromatic N) is 4. The first-order chi connectivity index (χ1) is 13.5. The number of carbonyl (C=O) groups excluding carboxylic acids is 1. The van der Waals surface area contributed by atoms with E-state index in [0.29, 0.717) is 6.04 Å². The fraction of sp³-hybridized carbons (Fsp3) is 0.435. The minimum Gasteiger partial charge on any atom is -0.339 e. The van der Waals surface area contributed by atoms with Gasteiger partial charge in [0.25, 0.3) is 5.91 Å². The fourth-order valence-electron chi connectivity index (χ4n) is 4.23. The summed E-state index contributed by atoms with van der Waals surface area (Å²) in [6.07, 6.45) is 9.63. The molecule has 28 heavy (non-hydrogen) atoms. The molecule has 5 nitrogen and oxygen atoms in total. The minimum atomic E-state index is 0.0905. The molecule has 5 heteroatoms. The van der Waals surface area contributed by atoms with Gasteiger partial charge in [0.2, 0.25) is 0 Å². The summed E-state index contributed by atoms with van der Waals surface area (Å²) < 4.78 is 1.76. The number of amides is 1. The molecule has 0 bridgehead atoms. The van der Waals surface area contributed by atoms with E-state index < -0.39 is 0 Å². The van der Waals surface area contributed by atoms with E-state index in [9.17, 15) is 4.79 Å². The maximum atomic E-state index is 13.5. The predicted octanol–water partition coefficient (Wildman–Crippen LogP) is 4.66. The molecule has 4 rings (SSSR count). The lowest BCUT2D eigenvalue weighted by Gasteiger charge is -2.31. The van der Waals surface area contributed by atoms with Crippen LogP contribution in [0.3, 0.4) is 0 Å². The van der Waals surface area contributed by atoms with Gasteiger partial charge in [-0.05, 0) is 43.9 Å². The third kappa shape index (κ3) is 3.30. The molecule has 1 amide bonds. The van der Waals surface area contributed by atoms with E-state index in [1.807, 2.05) is 37.3 Å². The van der Waals surface area contributed by atoms with Crippen LogP contribution in [0.1, 0.15) is 53.6 Å². The van der Waals surface area contributed by atoms with E-state index in [1.54, 1.807) is 10.9 Å². The average Bonchev–Trinajstić information content (AvgIpc) is 3.16. The van der Waals surface area contributed by atoms with Crippen molar-refractivity contribution in [2.24, 2.45) is 7.05 Å². The van der Waals surface area contributed by atoms with Gasteiger partial charge >= 0.3 is 0 Å². The van der Waals surface area contributed by atoms with Crippen LogP contribution in [-0.4, -0.2) is 38.7 Å². The lowest BCUT2D eigenvalue weighted by atomic mass is 9.93. The number of aromatic nitrogens is 3. The number of rotatable bonds is 3. The standard InChI is InChI=1S/C23H28N4O/c1-15-10-11-19-20(23(28)27(4)18-8-6-5-7-9-18)12-21(25-22(19)16(15)2)17-13-24-26(3)14-17/h10-14,18H,5-9H2,1-4H3. The maximum absolute atomic E-state index is 13.5. The van der Waals surface area contributed by atoms with Crippen molar-refractivity contribution in [3.8, 4) is 11.3 Å². The minimum absolute atomic E-state index is 0.0905. The number of fused-ring (bicyclic) bond motifs is 1. The van der Waals surface area contributed by atoms with Crippen molar-refractivity contribution < 1.29 is 4.79 Å². The number of benzene rings is 1. The maximum Gasteiger partial charge on any atom is 0.254 e. The van der Waals surface area contributed by atoms with Crippen LogP contribution in [0, 0.1) is 13.8 Å². The molecule has 1 aromatic carbocycles. The second-order valence-corrected chi connectivity index (χ2v) is 8.07. The average molecular weight is 377 g/mol. The third-order valence-electron chi connectivity index (χ3n) is 6.18. The summed E-state index contributed by atoms with van der Waals surface area (Å²) in [5.74, 6) is 0.0905. The van der Waals surface area contributed by atoms with Gasteiger partial charge in [0.15, 0.2) is 0 Å². The lowest BCUT2D eigenvalue weighted by molar-refractivity contribution is 0.0698. The van der Waals surface area contributed by atoms with E-state index in [4.69, 9.17) is 4.98 Å². The Kier molecular flexibility index (Phi) is 4.92. The van der Waals surface area contributed by atoms with Crippen LogP contribution in [0.5, 0.6) is 0 Å². The molecule has 0 aliphatic heterocycles. The zero-order valence-corrected chi connectivity index (χ0v) is 17.2. The number of aryl methyl sites for hydroxylation is 3. The van der Waals surface area contributed by atoms with Gasteiger partial charge in [0.05, 0.1) is 23.0 Å². The molecule has 3 aromatic rings. The summed E-state index contributed by atoms with van der Waals surface area (Å²) in [7, 11) is 3.85. The quantitative estimate of drug-likeness (QED) is 0.668. The summed E-state index contributed by atoms with van der Waals surface area (Å²) in [5, 5.41) is 5.21. The molecule has 0 radical (unpaired) electrons. The Hall–Kier alpha value is -2.69. The van der Waals surface area contributed by atoms with E-state index in [1.165, 1.54) is 24.8 Å². The van der Waals surface area contributed by atoms with Gasteiger partial charge in [-0.15, -0.1) is 0 Å². The van der Waals surface area contributed by atoms with Crippen LogP contribution < -0.4 is 0 Å². The molecule has 2 heterocycles. The van der Waals surface area contributed by atoms with Crippen molar-refractivity contribution in [1.82, 2.24) is 19.7 Å². The largest absolute Gasteiger partial charge is 0.339 e. The van der Waals surface area contributed by atoms with E-state index in [0.717, 1.165) is 46.1 Å². The molecular formula is C23H28N4O. The zero-order chi connectivity index (χ0) is 19.8. The van der Waals surface area contributed by atoms with Crippen LogP contribution in [0.4, 0.5) is 0 Å². The fourth-order valence-corrected chi connectivity index (χ4v) is 4.23. The van der Waals surface area contributed by atoms with Crippen molar-refractivity contribution in [3.63, 3.8) is 0 Å². The summed E-state index contributed by atoms with van der Waals surface area (Å²) in [6, 6.07) is 6.40. The molecule has 0 saturated heterocycles. The Labute approximate surface area is 166 Å². The van der Waals surface area contributed by atoms with Gasteiger partial charge in [0.1, 0.15) is 0 Å². The highest BCUT2D eigenvalue weighted by molar-refractivity contribution is 6.08. The highest BCUT2D eigenvalue weighted by Gasteiger charge is 2.25. The molecule has 1 aliphatic carbocycles. The third-order valence-corrected chi connectivity index (χ3v) is 6.18. The highest BCUT2D eigenvalue weighted by atomic mass is 16.2. The van der Waals surface area contributed by atoms with Gasteiger partial charge in [-0.25, -0.2) is 4.98 Å². The molecule has 0 N–H and O–H groups in total. The molecule has 2 aromatic heterocycles. The van der Waals surface area contributed by atoms with E-state index >= 15 is 0 Å². The van der Waals surface area contributed by atoms with Crippen molar-refractivity contribution in [3.05, 3.63) is 47.3 Å². The lowest BCUT2D eigenvalue weighted by Crippen LogP contribution is -2.38. The van der Waals surface area contributed by atoms with Gasteiger partial charge in [0, 0.05) is 37.3 Å². The Morgan fingerprint density at radius 1 is 1.18 bits per heavy atom.